The number of ether oxygens (including phenoxy) is 1. The third-order valence-corrected chi connectivity index (χ3v) is 4.37. The molecule has 5 nitrogen and oxygen atoms in total. The summed E-state index contributed by atoms with van der Waals surface area (Å²) in [4.78, 5) is 12.1. The zero-order valence-electron chi connectivity index (χ0n) is 11.0. The topological polar surface area (TPSA) is 67.0 Å². The maximum atomic E-state index is 12.1. The Labute approximate surface area is 135 Å². The van der Waals surface area contributed by atoms with Gasteiger partial charge in [-0.25, -0.2) is 0 Å². The molecule has 0 saturated carbocycles. The van der Waals surface area contributed by atoms with Gasteiger partial charge in [0.15, 0.2) is 5.56 Å². The van der Waals surface area contributed by atoms with E-state index in [0.29, 0.717) is 33.9 Å². The molecule has 0 atom stereocenters. The van der Waals surface area contributed by atoms with Crippen LogP contribution in [0.2, 0.25) is 10.0 Å². The quantitative estimate of drug-likeness (QED) is 0.902. The minimum absolute atomic E-state index is 0.0343. The van der Waals surface area contributed by atoms with Crippen LogP contribution in [-0.2, 0) is 11.3 Å². The monoisotopic (exact) mass is 343 g/mol. The minimum atomic E-state index is -0.356. The van der Waals surface area contributed by atoms with Gasteiger partial charge in [-0.05, 0) is 23.7 Å². The molecule has 8 heteroatoms. The number of anilines is 2. The Kier molecular flexibility index (Phi) is 5.26. The van der Waals surface area contributed by atoms with Crippen LogP contribution >= 0.6 is 34.7 Å². The van der Waals surface area contributed by atoms with E-state index < -0.39 is 0 Å². The molecule has 0 aliphatic rings. The van der Waals surface area contributed by atoms with Gasteiger partial charge in [0.25, 0.3) is 5.56 Å². The number of aromatic nitrogens is 1. The number of hydrogen-bond donors (Lipinski definition) is 1. The summed E-state index contributed by atoms with van der Waals surface area (Å²) in [5, 5.41) is 13.4. The molecule has 1 aromatic heterocycles. The number of rotatable bonds is 5. The molecule has 0 radical (unpaired) electrons. The molecule has 21 heavy (non-hydrogen) atoms. The van der Waals surface area contributed by atoms with E-state index in [1.54, 1.807) is 25.3 Å². The molecule has 0 spiro atoms. The van der Waals surface area contributed by atoms with Crippen LogP contribution in [0.25, 0.3) is 0 Å². The van der Waals surface area contributed by atoms with Crippen molar-refractivity contribution in [2.45, 2.75) is 6.54 Å². The van der Waals surface area contributed by atoms with Crippen molar-refractivity contribution >= 4 is 45.4 Å². The number of nitrogens with one attached hydrogen (secondary N) is 1. The Bertz CT molecular complexity index is 729. The summed E-state index contributed by atoms with van der Waals surface area (Å²) >= 11 is 13.3. The molecular formula is C13H11Cl2N3O2S. The molecule has 0 fully saturated rings. The lowest BCUT2D eigenvalue weighted by molar-refractivity contribution is 0.189. The number of nitrogens with zero attached hydrogens (tertiary/aromatic N) is 2. The van der Waals surface area contributed by atoms with Gasteiger partial charge in [0.1, 0.15) is 11.1 Å². The molecule has 0 amide bonds. The smallest absolute Gasteiger partial charge is 0.280 e. The van der Waals surface area contributed by atoms with E-state index in [0.717, 1.165) is 11.5 Å². The predicted octanol–water partition coefficient (Wildman–Crippen LogP) is 3.48. The molecular weight excluding hydrogens is 333 g/mol. The molecule has 0 unspecified atom stereocenters. The fourth-order valence-electron chi connectivity index (χ4n) is 1.66. The summed E-state index contributed by atoms with van der Waals surface area (Å²) in [7, 11) is 1.55. The van der Waals surface area contributed by atoms with Gasteiger partial charge in [-0.3, -0.25) is 8.75 Å². The van der Waals surface area contributed by atoms with Crippen LogP contribution in [-0.4, -0.2) is 17.7 Å². The van der Waals surface area contributed by atoms with Crippen molar-refractivity contribution in [1.82, 2.24) is 3.96 Å². The number of para-hydroxylation sites is 1. The normalized spacial score (nSPS) is 10.4. The zero-order valence-corrected chi connectivity index (χ0v) is 13.3. The van der Waals surface area contributed by atoms with Crippen LogP contribution in [0.1, 0.15) is 5.56 Å². The van der Waals surface area contributed by atoms with Gasteiger partial charge in [0.05, 0.1) is 28.9 Å². The molecule has 2 aromatic rings. The maximum Gasteiger partial charge on any atom is 0.280 e. The second kappa shape index (κ2) is 6.96. The third-order valence-electron chi connectivity index (χ3n) is 2.68. The average Bonchev–Trinajstić information content (AvgIpc) is 2.76. The van der Waals surface area contributed by atoms with Crippen LogP contribution in [0.3, 0.4) is 0 Å². The van der Waals surface area contributed by atoms with Gasteiger partial charge in [0, 0.05) is 7.11 Å². The first-order chi connectivity index (χ1) is 10.1. The van der Waals surface area contributed by atoms with Crippen molar-refractivity contribution in [2.24, 2.45) is 0 Å². The van der Waals surface area contributed by atoms with Gasteiger partial charge >= 0.3 is 0 Å². The Morgan fingerprint density at radius 3 is 2.67 bits per heavy atom. The van der Waals surface area contributed by atoms with Gasteiger partial charge in [-0.2, -0.15) is 5.26 Å². The average molecular weight is 344 g/mol. The number of benzene rings is 1. The summed E-state index contributed by atoms with van der Waals surface area (Å²) in [6, 6.07) is 6.97. The highest BCUT2D eigenvalue weighted by Crippen LogP contribution is 2.34. The van der Waals surface area contributed by atoms with E-state index >= 15 is 0 Å². The van der Waals surface area contributed by atoms with E-state index in [4.69, 9.17) is 33.2 Å². The highest BCUT2D eigenvalue weighted by molar-refractivity contribution is 7.11. The Morgan fingerprint density at radius 2 is 2.10 bits per heavy atom. The van der Waals surface area contributed by atoms with E-state index in [-0.39, 0.29) is 11.1 Å². The van der Waals surface area contributed by atoms with Crippen LogP contribution in [0, 0.1) is 11.3 Å². The SMILES string of the molecule is COCCn1sc(Nc2c(Cl)cccc2Cl)c(C#N)c1=O. The summed E-state index contributed by atoms with van der Waals surface area (Å²) < 4.78 is 6.39. The summed E-state index contributed by atoms with van der Waals surface area (Å²) in [6.07, 6.45) is 0. The minimum Gasteiger partial charge on any atom is -0.383 e. The van der Waals surface area contributed by atoms with Crippen molar-refractivity contribution in [3.05, 3.63) is 44.2 Å². The number of methoxy groups -OCH3 is 1. The zero-order chi connectivity index (χ0) is 15.4. The van der Waals surface area contributed by atoms with Crippen molar-refractivity contribution in [1.29, 1.82) is 5.26 Å². The fourth-order valence-corrected chi connectivity index (χ4v) is 3.08. The summed E-state index contributed by atoms with van der Waals surface area (Å²) in [5.41, 5.74) is 0.148. The van der Waals surface area contributed by atoms with Crippen molar-refractivity contribution < 1.29 is 4.74 Å². The molecule has 1 aromatic carbocycles. The van der Waals surface area contributed by atoms with E-state index in [1.165, 1.54) is 3.96 Å². The van der Waals surface area contributed by atoms with Crippen LogP contribution in [0.4, 0.5) is 10.7 Å². The van der Waals surface area contributed by atoms with Gasteiger partial charge in [-0.15, -0.1) is 0 Å². The van der Waals surface area contributed by atoms with Crippen LogP contribution in [0.5, 0.6) is 0 Å². The number of halogens is 2. The predicted molar refractivity (Wildman–Crippen MR) is 84.9 cm³/mol. The van der Waals surface area contributed by atoms with Gasteiger partial charge < -0.3 is 10.1 Å². The highest BCUT2D eigenvalue weighted by Gasteiger charge is 2.17. The Morgan fingerprint density at radius 1 is 1.43 bits per heavy atom. The van der Waals surface area contributed by atoms with Gasteiger partial charge in [0.2, 0.25) is 0 Å². The second-order valence-electron chi connectivity index (χ2n) is 4.03. The molecule has 2 rings (SSSR count). The molecule has 0 saturated heterocycles. The maximum absolute atomic E-state index is 12.1. The van der Waals surface area contributed by atoms with Crippen molar-refractivity contribution in [3.63, 3.8) is 0 Å². The fraction of sp³-hybridized carbons (Fsp3) is 0.231. The third kappa shape index (κ3) is 3.39. The standard InChI is InChI=1S/C13H11Cl2N3O2S/c1-20-6-5-18-13(19)8(7-16)12(21-18)17-11-9(14)3-2-4-10(11)15/h2-4,17H,5-6H2,1H3. The molecule has 0 bridgehead atoms. The van der Waals surface area contributed by atoms with Crippen LogP contribution in [0.15, 0.2) is 23.0 Å². The first-order valence-electron chi connectivity index (χ1n) is 5.92. The molecule has 1 N–H and O–H groups in total. The van der Waals surface area contributed by atoms with E-state index in [2.05, 4.69) is 5.32 Å². The van der Waals surface area contributed by atoms with Crippen LogP contribution < -0.4 is 10.9 Å². The summed E-state index contributed by atoms with van der Waals surface area (Å²) in [6.45, 7) is 0.768. The highest BCUT2D eigenvalue weighted by atomic mass is 35.5. The molecule has 1 heterocycles. The first-order valence-corrected chi connectivity index (χ1v) is 7.45. The van der Waals surface area contributed by atoms with Gasteiger partial charge in [-0.1, -0.05) is 29.3 Å². The molecule has 110 valence electrons. The van der Waals surface area contributed by atoms with E-state index in [1.807, 2.05) is 6.07 Å². The lowest BCUT2D eigenvalue weighted by Gasteiger charge is -2.08. The molecule has 0 aliphatic heterocycles. The Hall–Kier alpha value is -1.52. The lowest BCUT2D eigenvalue weighted by Crippen LogP contribution is -2.17. The summed E-state index contributed by atoms with van der Waals surface area (Å²) in [5.74, 6) is 0. The number of hydrogen-bond acceptors (Lipinski definition) is 5. The Balaban J connectivity index is 2.41. The largest absolute Gasteiger partial charge is 0.383 e. The lowest BCUT2D eigenvalue weighted by atomic mass is 10.3. The second-order valence-corrected chi connectivity index (χ2v) is 5.87. The van der Waals surface area contributed by atoms with Crippen molar-refractivity contribution in [2.75, 3.05) is 19.0 Å². The molecule has 0 aliphatic carbocycles. The first kappa shape index (κ1) is 15.9. The van der Waals surface area contributed by atoms with Crippen molar-refractivity contribution in [3.8, 4) is 6.07 Å². The van der Waals surface area contributed by atoms with E-state index in [9.17, 15) is 4.79 Å². The number of nitriles is 1.